The van der Waals surface area contributed by atoms with E-state index in [1.165, 1.54) is 0 Å². The van der Waals surface area contributed by atoms with E-state index in [2.05, 4.69) is 17.5 Å². The van der Waals surface area contributed by atoms with Gasteiger partial charge in [0.25, 0.3) is 5.91 Å². The highest BCUT2D eigenvalue weighted by Gasteiger charge is 2.31. The van der Waals surface area contributed by atoms with Crippen LogP contribution in [0.5, 0.6) is 0 Å². The number of allylic oxidation sites excluding steroid dienone is 2. The van der Waals surface area contributed by atoms with Gasteiger partial charge in [-0.1, -0.05) is 30.4 Å². The average molecular weight is 312 g/mol. The zero-order valence-corrected chi connectivity index (χ0v) is 13.4. The van der Waals surface area contributed by atoms with Crippen molar-refractivity contribution in [2.45, 2.75) is 38.1 Å². The molecule has 122 valence electrons. The van der Waals surface area contributed by atoms with Gasteiger partial charge in [0.1, 0.15) is 0 Å². The Labute approximate surface area is 137 Å². The fourth-order valence-corrected chi connectivity index (χ4v) is 3.46. The molecule has 1 atom stereocenters. The van der Waals surface area contributed by atoms with E-state index in [0.29, 0.717) is 12.1 Å². The topological polar surface area (TPSA) is 49.4 Å². The molecule has 0 spiro atoms. The number of hydrogen-bond donors (Lipinski definition) is 1. The molecular weight excluding hydrogens is 288 g/mol. The van der Waals surface area contributed by atoms with Crippen molar-refractivity contribution in [3.05, 3.63) is 48.0 Å². The van der Waals surface area contributed by atoms with Gasteiger partial charge in [-0.05, 0) is 44.2 Å². The van der Waals surface area contributed by atoms with Crippen LogP contribution >= 0.6 is 0 Å². The maximum Gasteiger partial charge on any atom is 0.251 e. The van der Waals surface area contributed by atoms with Gasteiger partial charge in [-0.25, -0.2) is 0 Å². The fourth-order valence-electron chi connectivity index (χ4n) is 3.46. The molecule has 1 heterocycles. The Morgan fingerprint density at radius 2 is 1.83 bits per heavy atom. The molecule has 0 bridgehead atoms. The molecule has 1 aliphatic carbocycles. The lowest BCUT2D eigenvalue weighted by Crippen LogP contribution is -2.51. The summed E-state index contributed by atoms with van der Waals surface area (Å²) in [6.07, 6.45) is 9.07. The molecule has 1 aromatic rings. The molecule has 1 N–H and O–H groups in total. The normalized spacial score (nSPS) is 21.4. The number of benzene rings is 1. The summed E-state index contributed by atoms with van der Waals surface area (Å²) in [6, 6.07) is 9.36. The molecule has 4 heteroatoms. The standard InChI is InChI=1S/C19H24N2O2/c22-18(15-8-2-1-3-9-15)20-14-17-12-6-7-13-21(17)19(23)16-10-4-5-11-16/h1-5,8-9,16-17H,6-7,10-14H2,(H,20,22). The Balaban J connectivity index is 1.58. The highest BCUT2D eigenvalue weighted by molar-refractivity contribution is 5.94. The smallest absolute Gasteiger partial charge is 0.251 e. The van der Waals surface area contributed by atoms with E-state index < -0.39 is 0 Å². The van der Waals surface area contributed by atoms with Crippen LogP contribution in [0.25, 0.3) is 0 Å². The zero-order chi connectivity index (χ0) is 16.1. The molecule has 3 rings (SSSR count). The summed E-state index contributed by atoms with van der Waals surface area (Å²) < 4.78 is 0. The first-order valence-corrected chi connectivity index (χ1v) is 8.54. The number of nitrogens with one attached hydrogen (secondary N) is 1. The van der Waals surface area contributed by atoms with Gasteiger partial charge in [-0.3, -0.25) is 9.59 Å². The van der Waals surface area contributed by atoms with Gasteiger partial charge in [0.05, 0.1) is 0 Å². The van der Waals surface area contributed by atoms with Gasteiger partial charge >= 0.3 is 0 Å². The van der Waals surface area contributed by atoms with E-state index in [4.69, 9.17) is 0 Å². The van der Waals surface area contributed by atoms with Crippen LogP contribution in [0.4, 0.5) is 0 Å². The first kappa shape index (κ1) is 15.8. The Morgan fingerprint density at radius 3 is 2.57 bits per heavy atom. The number of likely N-dealkylation sites (tertiary alicyclic amines) is 1. The second-order valence-corrected chi connectivity index (χ2v) is 6.40. The number of amides is 2. The summed E-state index contributed by atoms with van der Waals surface area (Å²) >= 11 is 0. The van der Waals surface area contributed by atoms with Gasteiger partial charge in [-0.2, -0.15) is 0 Å². The summed E-state index contributed by atoms with van der Waals surface area (Å²) in [5.74, 6) is 0.306. The number of piperidine rings is 1. The minimum absolute atomic E-state index is 0.0638. The molecule has 0 radical (unpaired) electrons. The first-order valence-electron chi connectivity index (χ1n) is 8.54. The number of rotatable bonds is 4. The van der Waals surface area contributed by atoms with Crippen LogP contribution in [-0.4, -0.2) is 35.8 Å². The molecule has 23 heavy (non-hydrogen) atoms. The van der Waals surface area contributed by atoms with Crippen LogP contribution in [0, 0.1) is 5.92 Å². The summed E-state index contributed by atoms with van der Waals surface area (Å²) in [4.78, 5) is 26.9. The molecule has 1 saturated heterocycles. The molecule has 2 aliphatic rings. The number of hydrogen-bond acceptors (Lipinski definition) is 2. The maximum atomic E-state index is 12.7. The second kappa shape index (κ2) is 7.44. The predicted octanol–water partition coefficient (Wildman–Crippen LogP) is 2.76. The van der Waals surface area contributed by atoms with E-state index in [9.17, 15) is 9.59 Å². The number of nitrogens with zero attached hydrogens (tertiary/aromatic N) is 1. The quantitative estimate of drug-likeness (QED) is 0.869. The first-order chi connectivity index (χ1) is 11.3. The highest BCUT2D eigenvalue weighted by atomic mass is 16.2. The Kier molecular flexibility index (Phi) is 5.11. The van der Waals surface area contributed by atoms with Gasteiger partial charge in [0.2, 0.25) is 5.91 Å². The third-order valence-corrected chi connectivity index (χ3v) is 4.80. The Hall–Kier alpha value is -2.10. The third-order valence-electron chi connectivity index (χ3n) is 4.80. The van der Waals surface area contributed by atoms with Gasteiger partial charge in [0, 0.05) is 30.6 Å². The molecule has 1 aromatic carbocycles. The van der Waals surface area contributed by atoms with Crippen LogP contribution < -0.4 is 5.32 Å². The monoisotopic (exact) mass is 312 g/mol. The van der Waals surface area contributed by atoms with Crippen molar-refractivity contribution >= 4 is 11.8 Å². The SMILES string of the molecule is O=C(NCC1CCCCN1C(=O)C1CC=CC1)c1ccccc1. The molecular formula is C19H24N2O2. The largest absolute Gasteiger partial charge is 0.350 e. The molecule has 0 aromatic heterocycles. The molecule has 1 unspecified atom stereocenters. The van der Waals surface area contributed by atoms with Gasteiger partial charge < -0.3 is 10.2 Å². The van der Waals surface area contributed by atoms with E-state index in [1.54, 1.807) is 0 Å². The van der Waals surface area contributed by atoms with Crippen molar-refractivity contribution < 1.29 is 9.59 Å². The van der Waals surface area contributed by atoms with Crippen molar-refractivity contribution in [3.63, 3.8) is 0 Å². The molecule has 4 nitrogen and oxygen atoms in total. The van der Waals surface area contributed by atoms with Crippen molar-refractivity contribution in [3.8, 4) is 0 Å². The zero-order valence-electron chi connectivity index (χ0n) is 13.4. The second-order valence-electron chi connectivity index (χ2n) is 6.40. The molecule has 1 aliphatic heterocycles. The maximum absolute atomic E-state index is 12.7. The Bertz CT molecular complexity index is 574. The number of carbonyl (C=O) groups is 2. The molecule has 0 saturated carbocycles. The van der Waals surface area contributed by atoms with Crippen molar-refractivity contribution in [2.75, 3.05) is 13.1 Å². The third kappa shape index (κ3) is 3.81. The lowest BCUT2D eigenvalue weighted by Gasteiger charge is -2.37. The summed E-state index contributed by atoms with van der Waals surface area (Å²) in [5.41, 5.74) is 0.668. The van der Waals surface area contributed by atoms with Gasteiger partial charge in [-0.15, -0.1) is 0 Å². The summed E-state index contributed by atoms with van der Waals surface area (Å²) in [7, 11) is 0. The van der Waals surface area contributed by atoms with Crippen molar-refractivity contribution in [2.24, 2.45) is 5.92 Å². The molecule has 2 amide bonds. The van der Waals surface area contributed by atoms with Crippen LogP contribution in [0.3, 0.4) is 0 Å². The van der Waals surface area contributed by atoms with Crippen LogP contribution in [0.15, 0.2) is 42.5 Å². The van der Waals surface area contributed by atoms with Gasteiger partial charge in [0.15, 0.2) is 0 Å². The van der Waals surface area contributed by atoms with E-state index in [-0.39, 0.29) is 23.8 Å². The van der Waals surface area contributed by atoms with Crippen LogP contribution in [-0.2, 0) is 4.79 Å². The van der Waals surface area contributed by atoms with Crippen LogP contribution in [0.2, 0.25) is 0 Å². The highest BCUT2D eigenvalue weighted by Crippen LogP contribution is 2.25. The predicted molar refractivity (Wildman–Crippen MR) is 90.0 cm³/mol. The number of carbonyl (C=O) groups excluding carboxylic acids is 2. The van der Waals surface area contributed by atoms with Crippen LogP contribution in [0.1, 0.15) is 42.5 Å². The Morgan fingerprint density at radius 1 is 1.09 bits per heavy atom. The van der Waals surface area contributed by atoms with Crippen molar-refractivity contribution in [1.29, 1.82) is 0 Å². The fraction of sp³-hybridized carbons (Fsp3) is 0.474. The summed E-state index contributed by atoms with van der Waals surface area (Å²) in [5, 5.41) is 3.00. The minimum Gasteiger partial charge on any atom is -0.350 e. The summed E-state index contributed by atoms with van der Waals surface area (Å²) in [6.45, 7) is 1.36. The lowest BCUT2D eigenvalue weighted by molar-refractivity contribution is -0.138. The lowest BCUT2D eigenvalue weighted by atomic mass is 9.97. The van der Waals surface area contributed by atoms with E-state index in [1.807, 2.05) is 35.2 Å². The average Bonchev–Trinajstić information content (AvgIpc) is 3.15. The van der Waals surface area contributed by atoms with E-state index >= 15 is 0 Å². The minimum atomic E-state index is -0.0638. The van der Waals surface area contributed by atoms with E-state index in [0.717, 1.165) is 38.6 Å². The van der Waals surface area contributed by atoms with Crippen molar-refractivity contribution in [1.82, 2.24) is 10.2 Å². The molecule has 1 fully saturated rings.